The predicted octanol–water partition coefficient (Wildman–Crippen LogP) is 3.48. The molecule has 2 aromatic carbocycles. The van der Waals surface area contributed by atoms with Crippen LogP contribution >= 0.6 is 9.39 Å². The highest BCUT2D eigenvalue weighted by molar-refractivity contribution is 7.13. The third kappa shape index (κ3) is 6.26. The first kappa shape index (κ1) is 25.7. The van der Waals surface area contributed by atoms with E-state index in [1.165, 1.54) is 4.90 Å². The number of nitrogens with one attached hydrogen (secondary N) is 1. The number of hydrogen-bond donors (Lipinski definition) is 1. The molecule has 9 heteroatoms. The smallest absolute Gasteiger partial charge is 0.325 e. The molecule has 35 heavy (non-hydrogen) atoms. The summed E-state index contributed by atoms with van der Waals surface area (Å²) in [5.74, 6) is -0.227. The van der Waals surface area contributed by atoms with Gasteiger partial charge in [-0.25, -0.2) is 4.79 Å². The molecule has 2 aromatic rings. The Morgan fingerprint density at radius 2 is 1.63 bits per heavy atom. The number of urea groups is 1. The summed E-state index contributed by atoms with van der Waals surface area (Å²) in [7, 11) is 2.66. The summed E-state index contributed by atoms with van der Waals surface area (Å²) in [6.45, 7) is 3.46. The first-order valence-corrected chi connectivity index (χ1v) is 12.7. The molecule has 0 aliphatic carbocycles. The van der Waals surface area contributed by atoms with E-state index in [1.54, 1.807) is 0 Å². The quantitative estimate of drug-likeness (QED) is 0.209. The second-order valence-corrected chi connectivity index (χ2v) is 9.50. The number of imide groups is 1. The SMILES string of the molecule is O=C1NC(c2ccccc2)(c2ccccc2)C(=O)N1CCCCCCOCOC1CN(P)CCO1. The Morgan fingerprint density at radius 1 is 0.971 bits per heavy atom. The minimum Gasteiger partial charge on any atom is -0.355 e. The lowest BCUT2D eigenvalue weighted by molar-refractivity contribution is -0.211. The first-order chi connectivity index (χ1) is 17.1. The third-order valence-electron chi connectivity index (χ3n) is 6.34. The molecular weight excluding hydrogens is 465 g/mol. The maximum Gasteiger partial charge on any atom is 0.325 e. The first-order valence-electron chi connectivity index (χ1n) is 12.2. The highest BCUT2D eigenvalue weighted by atomic mass is 31.0. The third-order valence-corrected chi connectivity index (χ3v) is 6.81. The Hall–Kier alpha value is -2.35. The van der Waals surface area contributed by atoms with Crippen molar-refractivity contribution in [3.63, 3.8) is 0 Å². The molecule has 2 saturated heterocycles. The number of carbonyl (C=O) groups is 2. The van der Waals surface area contributed by atoms with Crippen molar-refractivity contribution in [3.8, 4) is 0 Å². The fourth-order valence-corrected chi connectivity index (χ4v) is 4.74. The molecule has 8 nitrogen and oxygen atoms in total. The van der Waals surface area contributed by atoms with Crippen LogP contribution in [0, 0.1) is 0 Å². The van der Waals surface area contributed by atoms with Crippen LogP contribution in [0.3, 0.4) is 0 Å². The van der Waals surface area contributed by atoms with Gasteiger partial charge in [0.15, 0.2) is 11.8 Å². The average Bonchev–Trinajstić information content (AvgIpc) is 3.14. The molecule has 2 heterocycles. The summed E-state index contributed by atoms with van der Waals surface area (Å²) in [6, 6.07) is 18.5. The molecule has 0 aromatic heterocycles. The van der Waals surface area contributed by atoms with E-state index in [0.29, 0.717) is 26.3 Å². The summed E-state index contributed by atoms with van der Waals surface area (Å²) in [5, 5.41) is 2.99. The molecule has 188 valence electrons. The van der Waals surface area contributed by atoms with Crippen molar-refractivity contribution in [1.82, 2.24) is 14.9 Å². The minimum absolute atomic E-state index is 0.215. The lowest BCUT2D eigenvalue weighted by Crippen LogP contribution is -2.45. The van der Waals surface area contributed by atoms with Crippen molar-refractivity contribution in [2.75, 3.05) is 39.6 Å². The number of rotatable bonds is 12. The normalized spacial score (nSPS) is 20.3. The van der Waals surface area contributed by atoms with Crippen molar-refractivity contribution in [2.45, 2.75) is 37.5 Å². The van der Waals surface area contributed by atoms with Gasteiger partial charge in [0.05, 0.1) is 13.2 Å². The molecule has 0 radical (unpaired) electrons. The topological polar surface area (TPSA) is 80.3 Å². The standard InChI is InChI=1S/C26H34N3O5P/c30-24-26(21-11-5-3-6-12-21,22-13-7-4-8-14-22)27-25(31)29(24)15-9-1-2-10-17-32-20-34-23-19-28(35)16-18-33-23/h3-8,11-14,23H,1-2,9-10,15-20,35H2,(H,27,31). The van der Waals surface area contributed by atoms with Crippen molar-refractivity contribution >= 4 is 21.3 Å². The highest BCUT2D eigenvalue weighted by Crippen LogP contribution is 2.36. The summed E-state index contributed by atoms with van der Waals surface area (Å²) < 4.78 is 18.7. The number of morpholine rings is 1. The van der Waals surface area contributed by atoms with Gasteiger partial charge in [-0.05, 0) is 24.0 Å². The lowest BCUT2D eigenvalue weighted by atomic mass is 9.82. The summed E-state index contributed by atoms with van der Waals surface area (Å²) in [5.41, 5.74) is 0.328. The van der Waals surface area contributed by atoms with E-state index in [0.717, 1.165) is 43.4 Å². The van der Waals surface area contributed by atoms with Gasteiger partial charge >= 0.3 is 6.03 Å². The number of benzene rings is 2. The van der Waals surface area contributed by atoms with Crippen molar-refractivity contribution in [1.29, 1.82) is 0 Å². The maximum atomic E-state index is 13.6. The van der Waals surface area contributed by atoms with E-state index in [9.17, 15) is 9.59 Å². The number of hydrogen-bond acceptors (Lipinski definition) is 6. The van der Waals surface area contributed by atoms with E-state index in [2.05, 4.69) is 19.4 Å². The largest absolute Gasteiger partial charge is 0.355 e. The number of amides is 3. The van der Waals surface area contributed by atoms with Gasteiger partial charge in [-0.2, -0.15) is 0 Å². The van der Waals surface area contributed by atoms with E-state index in [1.807, 2.05) is 60.7 Å². The number of unbranched alkanes of at least 4 members (excludes halogenated alkanes) is 3. The van der Waals surface area contributed by atoms with Crippen LogP contribution in [0.2, 0.25) is 0 Å². The van der Waals surface area contributed by atoms with Gasteiger partial charge in [-0.15, -0.1) is 0 Å². The molecule has 2 aliphatic rings. The maximum absolute atomic E-state index is 13.6. The van der Waals surface area contributed by atoms with E-state index in [-0.39, 0.29) is 25.0 Å². The Morgan fingerprint density at radius 3 is 2.29 bits per heavy atom. The molecule has 0 bridgehead atoms. The predicted molar refractivity (Wildman–Crippen MR) is 135 cm³/mol. The highest BCUT2D eigenvalue weighted by Gasteiger charge is 2.53. The average molecular weight is 500 g/mol. The molecule has 0 saturated carbocycles. The van der Waals surface area contributed by atoms with Crippen molar-refractivity contribution in [2.24, 2.45) is 0 Å². The van der Waals surface area contributed by atoms with Crippen LogP contribution in [-0.4, -0.2) is 67.4 Å². The van der Waals surface area contributed by atoms with Crippen LogP contribution in [0.4, 0.5) is 4.79 Å². The van der Waals surface area contributed by atoms with Crippen LogP contribution in [0.5, 0.6) is 0 Å². The molecule has 2 fully saturated rings. The molecule has 3 amide bonds. The fourth-order valence-electron chi connectivity index (χ4n) is 4.46. The molecule has 1 N–H and O–H groups in total. The van der Waals surface area contributed by atoms with E-state index in [4.69, 9.17) is 14.2 Å². The Bertz CT molecular complexity index is 922. The van der Waals surface area contributed by atoms with Gasteiger partial charge in [0.1, 0.15) is 6.79 Å². The van der Waals surface area contributed by atoms with Gasteiger partial charge in [-0.1, -0.05) is 82.9 Å². The monoisotopic (exact) mass is 499 g/mol. The van der Waals surface area contributed by atoms with Gasteiger partial charge in [0, 0.05) is 19.7 Å². The number of carbonyl (C=O) groups excluding carboxylic acids is 2. The van der Waals surface area contributed by atoms with E-state index < -0.39 is 5.54 Å². The van der Waals surface area contributed by atoms with Crippen LogP contribution in [0.1, 0.15) is 36.8 Å². The van der Waals surface area contributed by atoms with Gasteiger partial charge in [0.2, 0.25) is 0 Å². The van der Waals surface area contributed by atoms with Gasteiger partial charge in [-0.3, -0.25) is 14.4 Å². The zero-order valence-corrected chi connectivity index (χ0v) is 21.1. The Balaban J connectivity index is 1.21. The zero-order valence-electron chi connectivity index (χ0n) is 19.9. The van der Waals surface area contributed by atoms with Gasteiger partial charge < -0.3 is 19.5 Å². The minimum atomic E-state index is -1.19. The molecule has 4 rings (SSSR count). The van der Waals surface area contributed by atoms with Crippen LogP contribution in [0.25, 0.3) is 0 Å². The summed E-state index contributed by atoms with van der Waals surface area (Å²) >= 11 is 0. The van der Waals surface area contributed by atoms with E-state index >= 15 is 0 Å². The Kier molecular flexibility index (Phi) is 9.24. The zero-order chi connectivity index (χ0) is 24.5. The fraction of sp³-hybridized carbons (Fsp3) is 0.462. The summed E-state index contributed by atoms with van der Waals surface area (Å²) in [4.78, 5) is 27.9. The number of nitrogens with zero attached hydrogens (tertiary/aromatic N) is 2. The van der Waals surface area contributed by atoms with Crippen molar-refractivity contribution in [3.05, 3.63) is 71.8 Å². The lowest BCUT2D eigenvalue weighted by Gasteiger charge is -2.29. The Labute approximate surface area is 209 Å². The molecule has 2 atom stereocenters. The molecule has 0 spiro atoms. The number of ether oxygens (including phenoxy) is 3. The van der Waals surface area contributed by atoms with Crippen molar-refractivity contribution < 1.29 is 23.8 Å². The molecule has 2 unspecified atom stereocenters. The summed E-state index contributed by atoms with van der Waals surface area (Å²) in [6.07, 6.45) is 3.24. The second kappa shape index (κ2) is 12.6. The van der Waals surface area contributed by atoms with Gasteiger partial charge in [0.25, 0.3) is 5.91 Å². The molecular formula is C26H34N3O5P. The van der Waals surface area contributed by atoms with Crippen LogP contribution < -0.4 is 5.32 Å². The molecule has 2 aliphatic heterocycles. The second-order valence-electron chi connectivity index (χ2n) is 8.77. The van der Waals surface area contributed by atoms with Crippen LogP contribution in [0.15, 0.2) is 60.7 Å². The van der Waals surface area contributed by atoms with Crippen LogP contribution in [-0.2, 0) is 24.5 Å².